The maximum absolute atomic E-state index is 12.9. The van der Waals surface area contributed by atoms with Gasteiger partial charge in [-0.2, -0.15) is 0 Å². The highest BCUT2D eigenvalue weighted by Gasteiger charge is 2.12. The van der Waals surface area contributed by atoms with Crippen molar-refractivity contribution in [2.24, 2.45) is 0 Å². The highest BCUT2D eigenvalue weighted by Crippen LogP contribution is 2.26. The van der Waals surface area contributed by atoms with E-state index in [1.54, 1.807) is 23.5 Å². The number of halogens is 1. The van der Waals surface area contributed by atoms with E-state index in [4.69, 9.17) is 0 Å². The summed E-state index contributed by atoms with van der Waals surface area (Å²) < 4.78 is 12.9. The van der Waals surface area contributed by atoms with Gasteiger partial charge in [-0.3, -0.25) is 4.90 Å². The summed E-state index contributed by atoms with van der Waals surface area (Å²) in [6.07, 6.45) is 1.94. The average molecular weight is 277 g/mol. The molecule has 3 rings (SSSR count). The molecule has 0 unspecified atom stereocenters. The first-order valence-corrected chi connectivity index (χ1v) is 7.26. The number of piperazine rings is 1. The van der Waals surface area contributed by atoms with Crippen molar-refractivity contribution in [2.75, 3.05) is 26.2 Å². The molecular formula is C14H16FN3S. The third kappa shape index (κ3) is 3.18. The van der Waals surface area contributed by atoms with Crippen LogP contribution in [0.4, 0.5) is 4.39 Å². The lowest BCUT2D eigenvalue weighted by atomic mass is 10.2. The maximum Gasteiger partial charge on any atom is 0.123 e. The lowest BCUT2D eigenvalue weighted by Crippen LogP contribution is -2.42. The van der Waals surface area contributed by atoms with Crippen LogP contribution in [0.1, 0.15) is 4.88 Å². The molecule has 19 heavy (non-hydrogen) atoms. The minimum absolute atomic E-state index is 0.207. The molecule has 1 N–H and O–H groups in total. The van der Waals surface area contributed by atoms with Gasteiger partial charge in [0.2, 0.25) is 0 Å². The summed E-state index contributed by atoms with van der Waals surface area (Å²) in [5.74, 6) is -0.207. The van der Waals surface area contributed by atoms with Gasteiger partial charge in [0.15, 0.2) is 0 Å². The Morgan fingerprint density at radius 1 is 1.21 bits per heavy atom. The summed E-state index contributed by atoms with van der Waals surface area (Å²) in [6.45, 7) is 5.25. The van der Waals surface area contributed by atoms with E-state index in [2.05, 4.69) is 15.2 Å². The zero-order valence-electron chi connectivity index (χ0n) is 10.6. The molecule has 2 heterocycles. The number of hydrogen-bond acceptors (Lipinski definition) is 4. The minimum Gasteiger partial charge on any atom is -0.314 e. The first-order chi connectivity index (χ1) is 9.31. The third-order valence-electron chi connectivity index (χ3n) is 3.23. The molecule has 3 nitrogen and oxygen atoms in total. The quantitative estimate of drug-likeness (QED) is 0.933. The summed E-state index contributed by atoms with van der Waals surface area (Å²) in [5, 5.41) is 4.31. The second-order valence-corrected chi connectivity index (χ2v) is 5.78. The molecule has 0 spiro atoms. The Bertz CT molecular complexity index is 532. The number of thiazole rings is 1. The van der Waals surface area contributed by atoms with Crippen LogP contribution in [0.2, 0.25) is 0 Å². The SMILES string of the molecule is Fc1ccc(-c2ncc(CN3CCNCC3)s2)cc1. The monoisotopic (exact) mass is 277 g/mol. The van der Waals surface area contributed by atoms with Crippen molar-refractivity contribution in [1.29, 1.82) is 0 Å². The zero-order valence-corrected chi connectivity index (χ0v) is 11.4. The number of aromatic nitrogens is 1. The highest BCUT2D eigenvalue weighted by molar-refractivity contribution is 7.15. The van der Waals surface area contributed by atoms with Crippen LogP contribution in [-0.4, -0.2) is 36.1 Å². The molecular weight excluding hydrogens is 261 g/mol. The van der Waals surface area contributed by atoms with Crippen LogP contribution in [0.15, 0.2) is 30.5 Å². The van der Waals surface area contributed by atoms with Crippen molar-refractivity contribution < 1.29 is 4.39 Å². The second kappa shape index (κ2) is 5.77. The van der Waals surface area contributed by atoms with Gasteiger partial charge in [-0.15, -0.1) is 11.3 Å². The van der Waals surface area contributed by atoms with Gasteiger partial charge in [0.1, 0.15) is 10.8 Å². The largest absolute Gasteiger partial charge is 0.314 e. The fourth-order valence-corrected chi connectivity index (χ4v) is 3.16. The van der Waals surface area contributed by atoms with Crippen molar-refractivity contribution in [3.05, 3.63) is 41.2 Å². The Labute approximate surface area is 116 Å². The Morgan fingerprint density at radius 2 is 1.95 bits per heavy atom. The van der Waals surface area contributed by atoms with Gasteiger partial charge < -0.3 is 5.32 Å². The van der Waals surface area contributed by atoms with Crippen LogP contribution in [0, 0.1) is 5.82 Å². The Kier molecular flexibility index (Phi) is 3.87. The smallest absolute Gasteiger partial charge is 0.123 e. The Morgan fingerprint density at radius 3 is 2.68 bits per heavy atom. The van der Waals surface area contributed by atoms with Gasteiger partial charge in [-0.25, -0.2) is 9.37 Å². The van der Waals surface area contributed by atoms with Crippen LogP contribution < -0.4 is 5.32 Å². The van der Waals surface area contributed by atoms with Gasteiger partial charge in [0.25, 0.3) is 0 Å². The molecule has 5 heteroatoms. The Balaban J connectivity index is 1.70. The molecule has 1 aromatic carbocycles. The van der Waals surface area contributed by atoms with Crippen LogP contribution in [0.3, 0.4) is 0 Å². The third-order valence-corrected chi connectivity index (χ3v) is 4.26. The van der Waals surface area contributed by atoms with Crippen molar-refractivity contribution in [2.45, 2.75) is 6.54 Å². The van der Waals surface area contributed by atoms with Gasteiger partial charge in [-0.05, 0) is 24.3 Å². The minimum atomic E-state index is -0.207. The molecule has 0 aliphatic carbocycles. The lowest BCUT2D eigenvalue weighted by molar-refractivity contribution is 0.235. The molecule has 1 fully saturated rings. The van der Waals surface area contributed by atoms with Gasteiger partial charge in [-0.1, -0.05) is 0 Å². The van der Waals surface area contributed by atoms with E-state index in [1.165, 1.54) is 17.0 Å². The van der Waals surface area contributed by atoms with E-state index >= 15 is 0 Å². The molecule has 1 saturated heterocycles. The number of hydrogen-bond donors (Lipinski definition) is 1. The predicted octanol–water partition coefficient (Wildman–Crippen LogP) is 2.35. The number of nitrogens with one attached hydrogen (secondary N) is 1. The van der Waals surface area contributed by atoms with Crippen LogP contribution in [0.5, 0.6) is 0 Å². The molecule has 0 saturated carbocycles. The van der Waals surface area contributed by atoms with Crippen LogP contribution in [-0.2, 0) is 6.54 Å². The maximum atomic E-state index is 12.9. The predicted molar refractivity (Wildman–Crippen MR) is 75.7 cm³/mol. The topological polar surface area (TPSA) is 28.2 Å². The zero-order chi connectivity index (χ0) is 13.1. The molecule has 0 radical (unpaired) electrons. The molecule has 1 aromatic heterocycles. The van der Waals surface area contributed by atoms with E-state index in [1.807, 2.05) is 6.20 Å². The fraction of sp³-hybridized carbons (Fsp3) is 0.357. The van der Waals surface area contributed by atoms with Crippen LogP contribution in [0.25, 0.3) is 10.6 Å². The Hall–Kier alpha value is -1.30. The van der Waals surface area contributed by atoms with E-state index in [9.17, 15) is 4.39 Å². The lowest BCUT2D eigenvalue weighted by Gasteiger charge is -2.26. The number of benzene rings is 1. The molecule has 100 valence electrons. The number of rotatable bonds is 3. The summed E-state index contributed by atoms with van der Waals surface area (Å²) in [4.78, 5) is 8.13. The number of nitrogens with zero attached hydrogens (tertiary/aromatic N) is 2. The first-order valence-electron chi connectivity index (χ1n) is 6.45. The normalized spacial score (nSPS) is 16.7. The van der Waals surface area contributed by atoms with Crippen molar-refractivity contribution in [1.82, 2.24) is 15.2 Å². The summed E-state index contributed by atoms with van der Waals surface area (Å²) in [6, 6.07) is 6.52. The molecule has 2 aromatic rings. The van der Waals surface area contributed by atoms with E-state index < -0.39 is 0 Å². The molecule has 1 aliphatic heterocycles. The van der Waals surface area contributed by atoms with Crippen molar-refractivity contribution in [3.8, 4) is 10.6 Å². The molecule has 1 aliphatic rings. The summed E-state index contributed by atoms with van der Waals surface area (Å²) >= 11 is 1.69. The molecule has 0 amide bonds. The van der Waals surface area contributed by atoms with E-state index in [0.717, 1.165) is 43.3 Å². The van der Waals surface area contributed by atoms with E-state index in [0.29, 0.717) is 0 Å². The fourth-order valence-electron chi connectivity index (χ4n) is 2.20. The summed E-state index contributed by atoms with van der Waals surface area (Å²) in [5.41, 5.74) is 0.984. The molecule has 0 atom stereocenters. The van der Waals surface area contributed by atoms with Gasteiger partial charge in [0.05, 0.1) is 0 Å². The van der Waals surface area contributed by atoms with E-state index in [-0.39, 0.29) is 5.82 Å². The summed E-state index contributed by atoms with van der Waals surface area (Å²) in [7, 11) is 0. The van der Waals surface area contributed by atoms with Gasteiger partial charge >= 0.3 is 0 Å². The first kappa shape index (κ1) is 12.7. The average Bonchev–Trinajstić information content (AvgIpc) is 2.89. The van der Waals surface area contributed by atoms with Crippen molar-refractivity contribution in [3.63, 3.8) is 0 Å². The van der Waals surface area contributed by atoms with Crippen molar-refractivity contribution >= 4 is 11.3 Å². The van der Waals surface area contributed by atoms with Gasteiger partial charge in [0, 0.05) is 49.4 Å². The standard InChI is InChI=1S/C14H16FN3S/c15-12-3-1-11(2-4-12)14-17-9-13(19-14)10-18-7-5-16-6-8-18/h1-4,9,16H,5-8,10H2. The molecule has 0 bridgehead atoms. The second-order valence-electron chi connectivity index (χ2n) is 4.66. The highest BCUT2D eigenvalue weighted by atomic mass is 32.1. The van der Waals surface area contributed by atoms with Crippen LogP contribution >= 0.6 is 11.3 Å².